The third-order valence-electron chi connectivity index (χ3n) is 3.71. The van der Waals surface area contributed by atoms with Crippen molar-refractivity contribution in [3.63, 3.8) is 0 Å². The molecule has 1 unspecified atom stereocenters. The lowest BCUT2D eigenvalue weighted by molar-refractivity contribution is 0.710. The molecule has 3 aromatic rings. The van der Waals surface area contributed by atoms with Gasteiger partial charge in [0.2, 0.25) is 0 Å². The van der Waals surface area contributed by atoms with Gasteiger partial charge in [-0.25, -0.2) is 0 Å². The van der Waals surface area contributed by atoms with Crippen LogP contribution in [-0.2, 0) is 0 Å². The predicted octanol–water partition coefficient (Wildman–Crippen LogP) is 3.45. The van der Waals surface area contributed by atoms with Gasteiger partial charge in [0.25, 0.3) is 0 Å². The molecular formula is C17H16N4. The van der Waals surface area contributed by atoms with Crippen LogP contribution in [0.4, 0.5) is 5.69 Å². The summed E-state index contributed by atoms with van der Waals surface area (Å²) in [4.78, 5) is 6.56. The molecule has 0 bridgehead atoms. The maximum atomic E-state index is 3.49. The predicted molar refractivity (Wildman–Crippen MR) is 84.4 cm³/mol. The van der Waals surface area contributed by atoms with Crippen LogP contribution in [0.15, 0.2) is 73.1 Å². The fraction of sp³-hybridized carbons (Fsp3) is 0.0588. The molecule has 0 aliphatic carbocycles. The highest BCUT2D eigenvalue weighted by atomic mass is 15.5. The Bertz CT molecular complexity index is 726. The van der Waals surface area contributed by atoms with Crippen LogP contribution in [0.1, 0.15) is 17.4 Å². The average molecular weight is 276 g/mol. The lowest BCUT2D eigenvalue weighted by atomic mass is 10.1. The van der Waals surface area contributed by atoms with Crippen molar-refractivity contribution in [2.75, 3.05) is 5.01 Å². The van der Waals surface area contributed by atoms with Gasteiger partial charge in [-0.1, -0.05) is 18.2 Å². The highest BCUT2D eigenvalue weighted by molar-refractivity contribution is 5.70. The minimum Gasteiger partial charge on any atom is -0.363 e. The molecular weight excluding hydrogens is 260 g/mol. The second-order valence-electron chi connectivity index (χ2n) is 5.05. The summed E-state index contributed by atoms with van der Waals surface area (Å²) in [6.45, 7) is 0. The van der Waals surface area contributed by atoms with E-state index in [4.69, 9.17) is 0 Å². The Morgan fingerprint density at radius 1 is 0.810 bits per heavy atom. The molecule has 0 saturated carbocycles. The second-order valence-corrected chi connectivity index (χ2v) is 5.05. The first-order chi connectivity index (χ1) is 10.4. The molecule has 3 heterocycles. The monoisotopic (exact) mass is 276 g/mol. The van der Waals surface area contributed by atoms with E-state index in [2.05, 4.69) is 62.9 Å². The topological polar surface area (TPSA) is 46.9 Å². The first kappa shape index (κ1) is 11.9. The minimum absolute atomic E-state index is 0.140. The lowest BCUT2D eigenvalue weighted by Crippen LogP contribution is -2.34. The van der Waals surface area contributed by atoms with Crippen molar-refractivity contribution in [3.05, 3.63) is 84.5 Å². The summed E-state index contributed by atoms with van der Waals surface area (Å²) in [5, 5.41) is 2.17. The van der Waals surface area contributed by atoms with Gasteiger partial charge in [0.15, 0.2) is 0 Å². The molecule has 1 aliphatic heterocycles. The standard InChI is InChI=1S/C17H16N4/c1-2-6-13(7-3-1)21-17(15-9-5-11-19-15)12-16(20-21)14-8-4-10-18-14/h1-12,17-20H. The van der Waals surface area contributed by atoms with Gasteiger partial charge < -0.3 is 9.97 Å². The minimum atomic E-state index is 0.140. The maximum absolute atomic E-state index is 3.49. The number of anilines is 1. The Hall–Kier alpha value is -2.88. The quantitative estimate of drug-likeness (QED) is 0.686. The van der Waals surface area contributed by atoms with Crippen LogP contribution in [0.25, 0.3) is 5.70 Å². The van der Waals surface area contributed by atoms with E-state index in [0.29, 0.717) is 0 Å². The van der Waals surface area contributed by atoms with Crippen molar-refractivity contribution in [1.29, 1.82) is 0 Å². The van der Waals surface area contributed by atoms with Crippen molar-refractivity contribution in [2.45, 2.75) is 6.04 Å². The Morgan fingerprint density at radius 2 is 1.62 bits per heavy atom. The summed E-state index contributed by atoms with van der Waals surface area (Å²) in [6.07, 6.45) is 6.12. The van der Waals surface area contributed by atoms with E-state index >= 15 is 0 Å². The van der Waals surface area contributed by atoms with Gasteiger partial charge in [0.05, 0.1) is 17.1 Å². The molecule has 1 atom stereocenters. The van der Waals surface area contributed by atoms with Crippen LogP contribution in [0, 0.1) is 0 Å². The summed E-state index contributed by atoms with van der Waals surface area (Å²) in [5.74, 6) is 0. The normalized spacial score (nSPS) is 17.6. The van der Waals surface area contributed by atoms with Crippen LogP contribution >= 0.6 is 0 Å². The Kier molecular flexibility index (Phi) is 2.78. The highest BCUT2D eigenvalue weighted by Gasteiger charge is 2.27. The zero-order valence-corrected chi connectivity index (χ0v) is 11.5. The Morgan fingerprint density at radius 3 is 2.33 bits per heavy atom. The largest absolute Gasteiger partial charge is 0.363 e. The van der Waals surface area contributed by atoms with E-state index in [1.54, 1.807) is 0 Å². The van der Waals surface area contributed by atoms with Crippen molar-refractivity contribution < 1.29 is 0 Å². The smallest absolute Gasteiger partial charge is 0.111 e. The number of hydrogen-bond acceptors (Lipinski definition) is 2. The van der Waals surface area contributed by atoms with Crippen molar-refractivity contribution in [2.24, 2.45) is 0 Å². The summed E-state index contributed by atoms with van der Waals surface area (Å²) in [7, 11) is 0. The van der Waals surface area contributed by atoms with Gasteiger partial charge in [-0.2, -0.15) is 0 Å². The molecule has 0 radical (unpaired) electrons. The summed E-state index contributed by atoms with van der Waals surface area (Å²) in [5.41, 5.74) is 7.96. The third-order valence-corrected chi connectivity index (χ3v) is 3.71. The first-order valence-electron chi connectivity index (χ1n) is 7.01. The van der Waals surface area contributed by atoms with Crippen LogP contribution in [0.5, 0.6) is 0 Å². The molecule has 4 heteroatoms. The second kappa shape index (κ2) is 4.90. The number of aromatic amines is 2. The molecule has 4 nitrogen and oxygen atoms in total. The molecule has 104 valence electrons. The molecule has 0 fully saturated rings. The van der Waals surface area contributed by atoms with E-state index in [0.717, 1.165) is 22.8 Å². The van der Waals surface area contributed by atoms with Crippen molar-refractivity contribution in [1.82, 2.24) is 15.4 Å². The van der Waals surface area contributed by atoms with Crippen LogP contribution in [0.3, 0.4) is 0 Å². The number of hydrogen-bond donors (Lipinski definition) is 3. The van der Waals surface area contributed by atoms with Crippen LogP contribution < -0.4 is 10.4 Å². The third kappa shape index (κ3) is 2.10. The molecule has 1 aromatic carbocycles. The summed E-state index contributed by atoms with van der Waals surface area (Å²) < 4.78 is 0. The van der Waals surface area contributed by atoms with Crippen molar-refractivity contribution in [3.8, 4) is 0 Å². The number of nitrogens with zero attached hydrogens (tertiary/aromatic N) is 1. The van der Waals surface area contributed by atoms with Gasteiger partial charge >= 0.3 is 0 Å². The SMILES string of the molecule is C1=C(c2ccc[nH]2)NN(c2ccccc2)C1c1ccc[nH]1. The number of benzene rings is 1. The number of para-hydroxylation sites is 1. The molecule has 21 heavy (non-hydrogen) atoms. The molecule has 2 aromatic heterocycles. The molecule has 4 rings (SSSR count). The summed E-state index contributed by atoms with van der Waals surface area (Å²) in [6, 6.07) is 18.7. The molecule has 0 amide bonds. The van der Waals surface area contributed by atoms with Gasteiger partial charge in [-0.05, 0) is 42.5 Å². The average Bonchev–Trinajstić information content (AvgIpc) is 3.27. The summed E-state index contributed by atoms with van der Waals surface area (Å²) >= 11 is 0. The lowest BCUT2D eigenvalue weighted by Gasteiger charge is -2.26. The zero-order valence-electron chi connectivity index (χ0n) is 11.5. The first-order valence-corrected chi connectivity index (χ1v) is 7.01. The van der Waals surface area contributed by atoms with Gasteiger partial charge in [-0.15, -0.1) is 0 Å². The van der Waals surface area contributed by atoms with E-state index in [1.165, 1.54) is 0 Å². The Labute approximate surface area is 123 Å². The number of rotatable bonds is 3. The highest BCUT2D eigenvalue weighted by Crippen LogP contribution is 2.33. The van der Waals surface area contributed by atoms with E-state index in [9.17, 15) is 0 Å². The van der Waals surface area contributed by atoms with E-state index in [-0.39, 0.29) is 6.04 Å². The number of nitrogens with one attached hydrogen (secondary N) is 3. The number of aromatic nitrogens is 2. The zero-order chi connectivity index (χ0) is 14.1. The van der Waals surface area contributed by atoms with Gasteiger partial charge in [-0.3, -0.25) is 10.4 Å². The van der Waals surface area contributed by atoms with Gasteiger partial charge in [0, 0.05) is 18.1 Å². The molecule has 3 N–H and O–H groups in total. The van der Waals surface area contributed by atoms with E-state index < -0.39 is 0 Å². The Balaban J connectivity index is 1.74. The van der Waals surface area contributed by atoms with E-state index in [1.807, 2.05) is 30.6 Å². The fourth-order valence-electron chi connectivity index (χ4n) is 2.69. The van der Waals surface area contributed by atoms with Crippen molar-refractivity contribution >= 4 is 11.4 Å². The molecule has 1 aliphatic rings. The maximum Gasteiger partial charge on any atom is 0.111 e. The van der Waals surface area contributed by atoms with Crippen LogP contribution in [-0.4, -0.2) is 9.97 Å². The molecule has 0 spiro atoms. The number of H-pyrrole nitrogens is 2. The van der Waals surface area contributed by atoms with Crippen LogP contribution in [0.2, 0.25) is 0 Å². The van der Waals surface area contributed by atoms with Gasteiger partial charge in [0.1, 0.15) is 6.04 Å². The fourth-order valence-corrected chi connectivity index (χ4v) is 2.69. The molecule has 0 saturated heterocycles. The number of hydrazine groups is 1.